The van der Waals surface area contributed by atoms with Crippen molar-refractivity contribution in [2.45, 2.75) is 171 Å². The van der Waals surface area contributed by atoms with Crippen LogP contribution in [0.4, 0.5) is 53.5 Å². The van der Waals surface area contributed by atoms with Gasteiger partial charge >= 0.3 is 0 Å². The molecule has 0 heterocycles. The third-order valence-corrected chi connectivity index (χ3v) is 28.0. The number of carbonyl (C=O) groups is 4. The molecule has 0 spiro atoms. The van der Waals surface area contributed by atoms with Crippen LogP contribution in [0.25, 0.3) is 0 Å². The van der Waals surface area contributed by atoms with E-state index in [4.69, 9.17) is 46.4 Å². The fourth-order valence-corrected chi connectivity index (χ4v) is 20.0. The zero-order chi connectivity index (χ0) is 86.5. The molecule has 4 aliphatic rings. The summed E-state index contributed by atoms with van der Waals surface area (Å²) in [4.78, 5) is 48.3. The Labute approximate surface area is 719 Å². The number of halogens is 14. The van der Waals surface area contributed by atoms with Crippen molar-refractivity contribution < 1.29 is 104 Å². The summed E-state index contributed by atoms with van der Waals surface area (Å²) in [7, 11) is -16.5. The minimum atomic E-state index is -4.38. The van der Waals surface area contributed by atoms with Gasteiger partial charge in [-0.15, -0.1) is 0 Å². The third-order valence-electron chi connectivity index (χ3n) is 18.8. The Bertz CT molecular complexity index is 5570. The molecule has 4 amide bonds. The van der Waals surface area contributed by atoms with E-state index in [1.165, 1.54) is 84.9 Å². The molecule has 42 heteroatoms. The Morgan fingerprint density at radius 3 is 1.12 bits per heavy atom. The van der Waals surface area contributed by atoms with Crippen LogP contribution in [0.15, 0.2) is 166 Å². The zero-order valence-electron chi connectivity index (χ0n) is 61.2. The van der Waals surface area contributed by atoms with Gasteiger partial charge in [0.15, 0.2) is 0 Å². The van der Waals surface area contributed by atoms with Gasteiger partial charge in [-0.25, -0.2) is 83.3 Å². The van der Waals surface area contributed by atoms with Crippen molar-refractivity contribution in [3.63, 3.8) is 0 Å². The molecular weight excluding hydrogens is 1920 g/mol. The second-order valence-electron chi connectivity index (χ2n) is 27.6. The lowest BCUT2D eigenvalue weighted by Gasteiger charge is -2.28. The molecule has 12 N–H and O–H groups in total. The Hall–Kier alpha value is -6.77. The van der Waals surface area contributed by atoms with Crippen LogP contribution < -0.4 is 40.2 Å². The fraction of sp³-hybridized carbons (Fsp3) is 0.316. The first-order chi connectivity index (χ1) is 55.4. The first-order valence-electron chi connectivity index (χ1n) is 35.9. The Morgan fingerprint density at radius 1 is 0.322 bits per heavy atom. The molecule has 8 aromatic carbocycles. The molecule has 4 aliphatic carbocycles. The number of carbonyl (C=O) groups excluding carboxylic acids is 4. The minimum absolute atomic E-state index is 0.0194. The first kappa shape index (κ1) is 95.1. The number of hydrogen-bond donors (Lipinski definition) is 12. The normalized spacial score (nSPS) is 19.6. The molecule has 12 rings (SSSR count). The average Bonchev–Trinajstić information content (AvgIpc) is 0.802. The lowest BCUT2D eigenvalue weighted by molar-refractivity contribution is 0.101. The summed E-state index contributed by atoms with van der Waals surface area (Å²) in [5.74, 6) is -9.00. The highest BCUT2D eigenvalue weighted by molar-refractivity contribution is 9.11. The van der Waals surface area contributed by atoms with E-state index < -0.39 is 162 Å². The highest BCUT2D eigenvalue weighted by atomic mass is 79.9. The predicted molar refractivity (Wildman–Crippen MR) is 441 cm³/mol. The van der Waals surface area contributed by atoms with E-state index >= 15 is 0 Å². The average molecular weight is 2000 g/mol. The standard InChI is InChI=1S/C19H18BrClF2N2O4S.C19H19BrClFN2O4S.C19H18BrF3N2O4S.C19H19Cl2FN2O4S/c20-14-7-10(4-5-16(14)22)24-19(27)13-8-18(17(23)9-15(13)21)30(28,29)25-11-2-1-3-12(26)6-11;20-16-9-12(3-8-18(16)22)23-19(26)15-10-14(6-7-17(15)21)29(27,28)24-11-1-4-13(25)5-2-11;20-14-7-11(3-6-15(14)21)24-19(27)13-8-18(17(23)9-16(13)22)30(28,29)25-10-1-4-12(26)5-2-10;20-14-7-6-12(29(27,28)24-17-3-1-2-4-18(17)25)10-13(14)19(26)23-11-5-8-16(22)15(21)9-11/h4-5,7-9,11-12,25-26H,1-3,6H2,(H,24,27);3,6-11,13,24-25H,1-2,4-5H2,(H,23,26);3,6-10,12,25-26H,1-2,4-5H2,(H,24,27);5-10,17-18,24-25H,1-4H2,(H,23,26). The van der Waals surface area contributed by atoms with Gasteiger partial charge in [-0.1, -0.05) is 59.2 Å². The van der Waals surface area contributed by atoms with Crippen LogP contribution in [0.2, 0.25) is 20.1 Å². The van der Waals surface area contributed by atoms with Crippen molar-refractivity contribution in [3.05, 3.63) is 230 Å². The summed E-state index contributed by atoms with van der Waals surface area (Å²) in [6.07, 6.45) is 6.11. The monoisotopic (exact) mass is 1990 g/mol. The van der Waals surface area contributed by atoms with Crippen molar-refractivity contribution in [2.24, 2.45) is 0 Å². The highest BCUT2D eigenvalue weighted by Crippen LogP contribution is 2.34. The third kappa shape index (κ3) is 26.4. The van der Waals surface area contributed by atoms with Crippen LogP contribution in [-0.2, 0) is 40.1 Å². The summed E-state index contributed by atoms with van der Waals surface area (Å²) in [5, 5.41) is 48.4. The summed E-state index contributed by atoms with van der Waals surface area (Å²) in [5.41, 5.74) is -0.125. The van der Waals surface area contributed by atoms with Crippen LogP contribution in [0.1, 0.15) is 144 Å². The number of amides is 4. The highest BCUT2D eigenvalue weighted by Gasteiger charge is 2.34. The quantitative estimate of drug-likeness (QED) is 0.0315. The Balaban J connectivity index is 0.000000179. The van der Waals surface area contributed by atoms with Crippen molar-refractivity contribution in [1.29, 1.82) is 0 Å². The van der Waals surface area contributed by atoms with Crippen molar-refractivity contribution in [2.75, 3.05) is 21.3 Å². The van der Waals surface area contributed by atoms with Gasteiger partial charge in [0.2, 0.25) is 40.1 Å². The van der Waals surface area contributed by atoms with Gasteiger partial charge in [-0.2, -0.15) is 0 Å². The van der Waals surface area contributed by atoms with Gasteiger partial charge in [0.05, 0.1) is 90.0 Å². The summed E-state index contributed by atoms with van der Waals surface area (Å²) in [6, 6.07) is 23.2. The molecule has 118 heavy (non-hydrogen) atoms. The van der Waals surface area contributed by atoms with E-state index in [9.17, 15) is 104 Å². The Kier molecular flexibility index (Phi) is 33.7. The predicted octanol–water partition coefficient (Wildman–Crippen LogP) is 16.0. The van der Waals surface area contributed by atoms with Gasteiger partial charge < -0.3 is 41.7 Å². The lowest BCUT2D eigenvalue weighted by atomic mass is 9.93. The molecule has 4 fully saturated rings. The van der Waals surface area contributed by atoms with E-state index in [-0.39, 0.29) is 89.5 Å². The minimum Gasteiger partial charge on any atom is -0.393 e. The molecule has 636 valence electrons. The zero-order valence-corrected chi connectivity index (χ0v) is 72.3. The summed E-state index contributed by atoms with van der Waals surface area (Å²) in [6.45, 7) is 0. The van der Waals surface area contributed by atoms with Gasteiger partial charge in [0.25, 0.3) is 23.6 Å². The van der Waals surface area contributed by atoms with E-state index in [0.29, 0.717) is 101 Å². The van der Waals surface area contributed by atoms with Gasteiger partial charge in [0.1, 0.15) is 50.5 Å². The molecule has 0 radical (unpaired) electrons. The fourth-order valence-electron chi connectivity index (χ4n) is 12.6. The van der Waals surface area contributed by atoms with Crippen LogP contribution >= 0.6 is 94.2 Å². The van der Waals surface area contributed by atoms with Crippen LogP contribution in [-0.4, -0.2) is 126 Å². The van der Waals surface area contributed by atoms with E-state index in [1.54, 1.807) is 0 Å². The van der Waals surface area contributed by atoms with Crippen molar-refractivity contribution in [1.82, 2.24) is 18.9 Å². The Morgan fingerprint density at radius 2 is 0.695 bits per heavy atom. The molecule has 4 atom stereocenters. The number of nitrogens with one attached hydrogen (secondary N) is 8. The largest absolute Gasteiger partial charge is 0.393 e. The maximum Gasteiger partial charge on any atom is 0.258 e. The maximum absolute atomic E-state index is 14.4. The SMILES string of the molecule is O=C(Nc1ccc(F)c(Br)c1)c1cc(S(=O)(=O)NC2CCC(O)CC2)c(F)cc1F.O=C(Nc1ccc(F)c(Br)c1)c1cc(S(=O)(=O)NC2CCC(O)CC2)ccc1Cl.O=C(Nc1ccc(F)c(Br)c1)c1cc(S(=O)(=O)NC2CCCC(O)C2)c(F)cc1Cl.O=C(Nc1ccc(F)c(Cl)c1)c1cc(S(=O)(=O)NC2CCCCC2O)ccc1Cl. The maximum atomic E-state index is 14.4. The number of benzene rings is 8. The molecule has 0 bridgehead atoms. The number of sulfonamides is 4. The topological polar surface area (TPSA) is 382 Å². The number of aliphatic hydroxyl groups excluding tert-OH is 4. The van der Waals surface area contributed by atoms with Crippen LogP contribution in [0.3, 0.4) is 0 Å². The second-order valence-corrected chi connectivity index (χ2v) is 38.6. The van der Waals surface area contributed by atoms with Crippen molar-refractivity contribution in [3.8, 4) is 0 Å². The molecule has 0 aromatic heterocycles. The first-order valence-corrected chi connectivity index (χ1v) is 45.7. The van der Waals surface area contributed by atoms with Crippen molar-refractivity contribution >= 4 is 181 Å². The van der Waals surface area contributed by atoms with Gasteiger partial charge in [0, 0.05) is 53.0 Å². The molecule has 8 aromatic rings. The summed E-state index contributed by atoms with van der Waals surface area (Å²) >= 11 is 32.8. The number of hydrogen-bond acceptors (Lipinski definition) is 16. The number of anilines is 4. The smallest absolute Gasteiger partial charge is 0.258 e. The molecule has 0 aliphatic heterocycles. The van der Waals surface area contributed by atoms with Crippen LogP contribution in [0, 0.1) is 40.7 Å². The number of rotatable bonds is 20. The molecule has 0 saturated heterocycles. The number of aliphatic hydroxyl groups is 4. The molecule has 24 nitrogen and oxygen atoms in total. The molecule has 4 unspecified atom stereocenters. The molecular formula is C76H74Br3Cl4F7N8O16S4. The second kappa shape index (κ2) is 41.9. The summed E-state index contributed by atoms with van der Waals surface area (Å²) < 4.78 is 208. The van der Waals surface area contributed by atoms with Gasteiger partial charge in [-0.3, -0.25) is 19.2 Å². The van der Waals surface area contributed by atoms with E-state index in [1.807, 2.05) is 0 Å². The lowest BCUT2D eigenvalue weighted by Crippen LogP contribution is -2.44. The van der Waals surface area contributed by atoms with E-state index in [0.717, 1.165) is 49.2 Å². The van der Waals surface area contributed by atoms with Gasteiger partial charge in [-0.05, 0) is 265 Å². The molecule has 4 saturated carbocycles. The van der Waals surface area contributed by atoms with E-state index in [2.05, 4.69) is 87.9 Å². The van der Waals surface area contributed by atoms with Crippen LogP contribution in [0.5, 0.6) is 0 Å².